The Bertz CT molecular complexity index is 1020. The summed E-state index contributed by atoms with van der Waals surface area (Å²) in [6.07, 6.45) is 3.87. The number of hydrogen-bond acceptors (Lipinski definition) is 4. The smallest absolute Gasteiger partial charge is 0.314 e. The van der Waals surface area contributed by atoms with Crippen LogP contribution in [-0.2, 0) is 15.8 Å². The lowest BCUT2D eigenvalue weighted by Crippen LogP contribution is -2.47. The van der Waals surface area contributed by atoms with Gasteiger partial charge in [0.25, 0.3) is 0 Å². The second-order valence-electron chi connectivity index (χ2n) is 7.52. The van der Waals surface area contributed by atoms with E-state index in [0.717, 1.165) is 6.20 Å². The van der Waals surface area contributed by atoms with Gasteiger partial charge in [-0.15, -0.1) is 0 Å². The van der Waals surface area contributed by atoms with Crippen LogP contribution in [0.2, 0.25) is 0 Å². The molecular formula is C23H20F2N2O3. The van der Waals surface area contributed by atoms with Crippen molar-refractivity contribution in [1.29, 1.82) is 0 Å². The largest absolute Gasteiger partial charge is 0.481 e. The molecule has 1 saturated carbocycles. The van der Waals surface area contributed by atoms with Gasteiger partial charge in [-0.1, -0.05) is 18.2 Å². The number of halogens is 2. The summed E-state index contributed by atoms with van der Waals surface area (Å²) in [7, 11) is 0. The van der Waals surface area contributed by atoms with Crippen LogP contribution in [0.1, 0.15) is 36.9 Å². The van der Waals surface area contributed by atoms with E-state index in [2.05, 4.69) is 9.97 Å². The minimum Gasteiger partial charge on any atom is -0.481 e. The van der Waals surface area contributed by atoms with E-state index in [4.69, 9.17) is 4.74 Å². The Morgan fingerprint density at radius 3 is 2.17 bits per heavy atom. The number of nitrogens with zero attached hydrogens (tertiary/aromatic N) is 2. The molecule has 1 aliphatic carbocycles. The summed E-state index contributed by atoms with van der Waals surface area (Å²) in [5.74, 6) is -1.46. The Labute approximate surface area is 172 Å². The predicted molar refractivity (Wildman–Crippen MR) is 105 cm³/mol. The average Bonchev–Trinajstić information content (AvgIpc) is 2.76. The number of ether oxygens (including phenoxy) is 1. The lowest BCUT2D eigenvalue weighted by atomic mass is 9.64. The second kappa shape index (κ2) is 7.82. The van der Waals surface area contributed by atoms with Crippen LogP contribution in [0.15, 0.2) is 67.0 Å². The maximum atomic E-state index is 13.5. The Hall–Kier alpha value is -3.35. The number of pyridine rings is 2. The standard InChI is InChI=1S/C23H20F2N2O3/c24-17-6-4-16(5-7-17)22(21(28)29)10-12-23(13-11-22,19-9-8-18(25)15-27-19)30-20-3-1-2-14-26-20/h1-9,14-15H,10-13H2,(H,28,29). The third-order valence-corrected chi connectivity index (χ3v) is 5.85. The summed E-state index contributed by atoms with van der Waals surface area (Å²) in [4.78, 5) is 20.7. The van der Waals surface area contributed by atoms with Crippen LogP contribution in [0.25, 0.3) is 0 Å². The average molecular weight is 410 g/mol. The zero-order chi connectivity index (χ0) is 21.2. The highest BCUT2D eigenvalue weighted by Crippen LogP contribution is 2.48. The summed E-state index contributed by atoms with van der Waals surface area (Å²) in [6, 6.07) is 13.7. The first-order valence-corrected chi connectivity index (χ1v) is 9.65. The van der Waals surface area contributed by atoms with Gasteiger partial charge in [0.2, 0.25) is 5.88 Å². The molecule has 0 spiro atoms. The molecule has 0 unspecified atom stereocenters. The van der Waals surface area contributed by atoms with Gasteiger partial charge in [-0.05, 0) is 61.6 Å². The Balaban J connectivity index is 1.70. The molecule has 1 N–H and O–H groups in total. The fourth-order valence-electron chi connectivity index (χ4n) is 4.14. The molecule has 5 nitrogen and oxygen atoms in total. The zero-order valence-corrected chi connectivity index (χ0v) is 16.1. The predicted octanol–water partition coefficient (Wildman–Crippen LogP) is 4.63. The third kappa shape index (κ3) is 3.63. The van der Waals surface area contributed by atoms with Crippen LogP contribution in [0.4, 0.5) is 8.78 Å². The maximum Gasteiger partial charge on any atom is 0.314 e. The van der Waals surface area contributed by atoms with Crippen LogP contribution in [0, 0.1) is 11.6 Å². The topological polar surface area (TPSA) is 72.3 Å². The van der Waals surface area contributed by atoms with Gasteiger partial charge in [-0.25, -0.2) is 13.8 Å². The lowest BCUT2D eigenvalue weighted by Gasteiger charge is -2.44. The van der Waals surface area contributed by atoms with Crippen LogP contribution in [-0.4, -0.2) is 21.0 Å². The minimum atomic E-state index is -1.16. The third-order valence-electron chi connectivity index (χ3n) is 5.85. The number of benzene rings is 1. The quantitative estimate of drug-likeness (QED) is 0.664. The maximum absolute atomic E-state index is 13.5. The summed E-state index contributed by atoms with van der Waals surface area (Å²) < 4.78 is 33.1. The minimum absolute atomic E-state index is 0.250. The van der Waals surface area contributed by atoms with Crippen molar-refractivity contribution in [2.45, 2.75) is 36.7 Å². The number of carboxylic acids is 1. The highest BCUT2D eigenvalue weighted by Gasteiger charge is 2.51. The van der Waals surface area contributed by atoms with E-state index in [-0.39, 0.29) is 12.8 Å². The van der Waals surface area contributed by atoms with Crippen molar-refractivity contribution in [3.63, 3.8) is 0 Å². The first-order chi connectivity index (χ1) is 14.4. The van der Waals surface area contributed by atoms with Crippen molar-refractivity contribution < 1.29 is 23.4 Å². The molecule has 2 heterocycles. The molecular weight excluding hydrogens is 390 g/mol. The summed E-state index contributed by atoms with van der Waals surface area (Å²) in [5, 5.41) is 10.1. The Kier molecular flexibility index (Phi) is 5.20. The highest BCUT2D eigenvalue weighted by atomic mass is 19.1. The molecule has 1 fully saturated rings. The number of carbonyl (C=O) groups is 1. The summed E-state index contributed by atoms with van der Waals surface area (Å²) in [6.45, 7) is 0. The van der Waals surface area contributed by atoms with Crippen molar-refractivity contribution in [2.24, 2.45) is 0 Å². The number of aliphatic carboxylic acids is 1. The van der Waals surface area contributed by atoms with Gasteiger partial charge in [0.05, 0.1) is 17.3 Å². The van der Waals surface area contributed by atoms with Crippen LogP contribution >= 0.6 is 0 Å². The van der Waals surface area contributed by atoms with Crippen LogP contribution < -0.4 is 4.74 Å². The number of hydrogen-bond donors (Lipinski definition) is 1. The molecule has 0 radical (unpaired) electrons. The van der Waals surface area contributed by atoms with E-state index in [1.165, 1.54) is 30.3 Å². The fourth-order valence-corrected chi connectivity index (χ4v) is 4.14. The molecule has 0 atom stereocenters. The second-order valence-corrected chi connectivity index (χ2v) is 7.52. The molecule has 0 amide bonds. The number of aromatic nitrogens is 2. The first-order valence-electron chi connectivity index (χ1n) is 9.65. The van der Waals surface area contributed by atoms with E-state index in [9.17, 15) is 18.7 Å². The molecule has 30 heavy (non-hydrogen) atoms. The van der Waals surface area contributed by atoms with E-state index >= 15 is 0 Å². The summed E-state index contributed by atoms with van der Waals surface area (Å²) >= 11 is 0. The van der Waals surface area contributed by atoms with E-state index in [1.54, 1.807) is 30.5 Å². The van der Waals surface area contributed by atoms with Crippen molar-refractivity contribution in [3.8, 4) is 5.88 Å². The normalized spacial score (nSPS) is 23.7. The molecule has 2 aromatic heterocycles. The molecule has 0 bridgehead atoms. The molecule has 0 aliphatic heterocycles. The first kappa shape index (κ1) is 19.9. The van der Waals surface area contributed by atoms with Crippen molar-refractivity contribution in [3.05, 3.63) is 89.9 Å². The van der Waals surface area contributed by atoms with Gasteiger partial charge in [0, 0.05) is 12.3 Å². The van der Waals surface area contributed by atoms with E-state index in [1.807, 2.05) is 0 Å². The Morgan fingerprint density at radius 2 is 1.60 bits per heavy atom. The van der Waals surface area contributed by atoms with Gasteiger partial charge in [0.15, 0.2) is 5.60 Å². The summed E-state index contributed by atoms with van der Waals surface area (Å²) in [5.41, 5.74) is -1.03. The van der Waals surface area contributed by atoms with Gasteiger partial charge in [-0.3, -0.25) is 9.78 Å². The molecule has 4 rings (SSSR count). The number of carboxylic acid groups (broad SMARTS) is 1. The van der Waals surface area contributed by atoms with Crippen molar-refractivity contribution in [1.82, 2.24) is 9.97 Å². The van der Waals surface area contributed by atoms with Gasteiger partial charge in [0.1, 0.15) is 11.6 Å². The lowest BCUT2D eigenvalue weighted by molar-refractivity contribution is -0.147. The zero-order valence-electron chi connectivity index (χ0n) is 16.1. The molecule has 0 saturated heterocycles. The van der Waals surface area contributed by atoms with E-state index < -0.39 is 28.6 Å². The van der Waals surface area contributed by atoms with Gasteiger partial charge < -0.3 is 9.84 Å². The molecule has 1 aromatic carbocycles. The Morgan fingerprint density at radius 1 is 0.900 bits per heavy atom. The van der Waals surface area contributed by atoms with Crippen LogP contribution in [0.3, 0.4) is 0 Å². The molecule has 3 aromatic rings. The molecule has 1 aliphatic rings. The van der Waals surface area contributed by atoms with E-state index in [0.29, 0.717) is 30.0 Å². The molecule has 7 heteroatoms. The SMILES string of the molecule is O=C(O)C1(c2ccc(F)cc2)CCC(Oc2ccccn2)(c2ccc(F)cn2)CC1. The fraction of sp³-hybridized carbons (Fsp3) is 0.261. The molecule has 154 valence electrons. The van der Waals surface area contributed by atoms with Gasteiger partial charge >= 0.3 is 5.97 Å². The van der Waals surface area contributed by atoms with Crippen LogP contribution in [0.5, 0.6) is 5.88 Å². The number of rotatable bonds is 5. The highest BCUT2D eigenvalue weighted by molar-refractivity contribution is 5.81. The monoisotopic (exact) mass is 410 g/mol. The van der Waals surface area contributed by atoms with Crippen molar-refractivity contribution in [2.75, 3.05) is 0 Å². The van der Waals surface area contributed by atoms with Gasteiger partial charge in [-0.2, -0.15) is 0 Å². The van der Waals surface area contributed by atoms with Crippen molar-refractivity contribution >= 4 is 5.97 Å².